The first-order chi connectivity index (χ1) is 13.6. The highest BCUT2D eigenvalue weighted by Gasteiger charge is 2.34. The van der Waals surface area contributed by atoms with E-state index in [2.05, 4.69) is 12.2 Å². The van der Waals surface area contributed by atoms with Crippen LogP contribution in [0.2, 0.25) is 0 Å². The average molecular weight is 399 g/mol. The lowest BCUT2D eigenvalue weighted by atomic mass is 10.1. The minimum absolute atomic E-state index is 0.0328. The zero-order chi connectivity index (χ0) is 19.9. The Kier molecular flexibility index (Phi) is 6.98. The predicted molar refractivity (Wildman–Crippen MR) is 115 cm³/mol. The Balaban J connectivity index is 1.78. The average Bonchev–Trinajstić information content (AvgIpc) is 3.10. The van der Waals surface area contributed by atoms with Crippen LogP contribution in [0.25, 0.3) is 0 Å². The summed E-state index contributed by atoms with van der Waals surface area (Å²) in [5.74, 6) is 1.24. The molecule has 2 amide bonds. The van der Waals surface area contributed by atoms with Gasteiger partial charge in [-0.15, -0.1) is 11.8 Å². The van der Waals surface area contributed by atoms with Crippen LogP contribution in [0.4, 0.5) is 11.4 Å². The van der Waals surface area contributed by atoms with Gasteiger partial charge in [0.2, 0.25) is 11.8 Å². The van der Waals surface area contributed by atoms with Crippen molar-refractivity contribution < 1.29 is 14.3 Å². The second-order valence-corrected chi connectivity index (χ2v) is 7.83. The number of carbonyl (C=O) groups excluding carboxylic acids is 2. The fraction of sp³-hybridized carbons (Fsp3) is 0.364. The molecule has 5 nitrogen and oxygen atoms in total. The lowest BCUT2D eigenvalue weighted by molar-refractivity contribution is -0.117. The maximum absolute atomic E-state index is 12.6. The summed E-state index contributed by atoms with van der Waals surface area (Å²) in [6.45, 7) is 2.12. The van der Waals surface area contributed by atoms with E-state index in [1.807, 2.05) is 48.5 Å². The first-order valence-electron chi connectivity index (χ1n) is 9.60. The Morgan fingerprint density at radius 3 is 2.82 bits per heavy atom. The molecule has 2 aromatic rings. The third-order valence-electron chi connectivity index (χ3n) is 4.66. The van der Waals surface area contributed by atoms with Gasteiger partial charge in [0.1, 0.15) is 11.1 Å². The van der Waals surface area contributed by atoms with E-state index in [1.54, 1.807) is 23.8 Å². The summed E-state index contributed by atoms with van der Waals surface area (Å²) < 4.78 is 5.30. The topological polar surface area (TPSA) is 58.6 Å². The van der Waals surface area contributed by atoms with Gasteiger partial charge in [-0.25, -0.2) is 0 Å². The highest BCUT2D eigenvalue weighted by Crippen LogP contribution is 2.42. The number of thioether (sulfide) groups is 1. The zero-order valence-electron chi connectivity index (χ0n) is 16.3. The first-order valence-corrected chi connectivity index (χ1v) is 10.6. The molecule has 6 heteroatoms. The summed E-state index contributed by atoms with van der Waals surface area (Å²) in [5, 5.41) is 2.85. The van der Waals surface area contributed by atoms with Gasteiger partial charge < -0.3 is 10.1 Å². The van der Waals surface area contributed by atoms with Crippen LogP contribution in [-0.4, -0.2) is 24.7 Å². The number of nitrogens with one attached hydrogen (secondary N) is 1. The van der Waals surface area contributed by atoms with Crippen molar-refractivity contribution >= 4 is 35.0 Å². The number of rotatable bonds is 8. The van der Waals surface area contributed by atoms with Gasteiger partial charge in [0, 0.05) is 23.9 Å². The van der Waals surface area contributed by atoms with E-state index in [1.165, 1.54) is 0 Å². The highest BCUT2D eigenvalue weighted by molar-refractivity contribution is 8.00. The molecule has 0 saturated carbocycles. The van der Waals surface area contributed by atoms with Crippen molar-refractivity contribution in [2.24, 2.45) is 0 Å². The fourth-order valence-electron chi connectivity index (χ4n) is 3.24. The minimum Gasteiger partial charge on any atom is -0.497 e. The lowest BCUT2D eigenvalue weighted by Crippen LogP contribution is -2.27. The number of unbranched alkanes of at least 4 members (excludes halogenated alkanes) is 2. The zero-order valence-corrected chi connectivity index (χ0v) is 17.1. The standard InChI is InChI=1S/C22H26N2O3S/c1-3-4-5-12-20(25)23-17-9-6-8-16(13-17)22-24(21(26)15-28-22)18-10-7-11-19(14-18)27-2/h6-11,13-14,22H,3-5,12,15H2,1-2H3,(H,23,25)/t22-/m0/s1. The van der Waals surface area contributed by atoms with E-state index in [0.29, 0.717) is 17.9 Å². The van der Waals surface area contributed by atoms with E-state index >= 15 is 0 Å². The van der Waals surface area contributed by atoms with Gasteiger partial charge in [-0.3, -0.25) is 14.5 Å². The fourth-order valence-corrected chi connectivity index (χ4v) is 4.41. The molecule has 0 radical (unpaired) electrons. The summed E-state index contributed by atoms with van der Waals surface area (Å²) in [6.07, 6.45) is 3.59. The van der Waals surface area contributed by atoms with Gasteiger partial charge in [-0.1, -0.05) is 38.0 Å². The monoisotopic (exact) mass is 398 g/mol. The maximum atomic E-state index is 12.6. The molecule has 1 atom stereocenters. The molecule has 0 unspecified atom stereocenters. The van der Waals surface area contributed by atoms with Crippen LogP contribution in [0.15, 0.2) is 48.5 Å². The van der Waals surface area contributed by atoms with Crippen LogP contribution in [0.1, 0.15) is 43.5 Å². The second-order valence-electron chi connectivity index (χ2n) is 6.76. The van der Waals surface area contributed by atoms with Crippen LogP contribution >= 0.6 is 11.8 Å². The SMILES string of the molecule is CCCCCC(=O)Nc1cccc([C@@H]2SCC(=O)N2c2cccc(OC)c2)c1. The van der Waals surface area contributed by atoms with Crippen LogP contribution in [0.3, 0.4) is 0 Å². The Bertz CT molecular complexity index is 840. The smallest absolute Gasteiger partial charge is 0.238 e. The van der Waals surface area contributed by atoms with Crippen LogP contribution < -0.4 is 15.0 Å². The van der Waals surface area contributed by atoms with Crippen LogP contribution in [0, 0.1) is 0 Å². The number of methoxy groups -OCH3 is 1. The summed E-state index contributed by atoms with van der Waals surface area (Å²) in [6, 6.07) is 15.3. The van der Waals surface area contributed by atoms with E-state index in [-0.39, 0.29) is 17.2 Å². The van der Waals surface area contributed by atoms with Gasteiger partial charge in [-0.05, 0) is 36.2 Å². The number of ether oxygens (including phenoxy) is 1. The molecule has 1 fully saturated rings. The second kappa shape index (κ2) is 9.64. The molecule has 1 heterocycles. The summed E-state index contributed by atoms with van der Waals surface area (Å²) in [4.78, 5) is 26.5. The molecule has 1 aliphatic rings. The molecule has 0 aliphatic carbocycles. The molecule has 0 aromatic heterocycles. The van der Waals surface area contributed by atoms with Crippen LogP contribution in [-0.2, 0) is 9.59 Å². The predicted octanol–water partition coefficient (Wildman–Crippen LogP) is 4.99. The van der Waals surface area contributed by atoms with E-state index in [9.17, 15) is 9.59 Å². The first kappa shape index (κ1) is 20.3. The van der Waals surface area contributed by atoms with Gasteiger partial charge in [0.25, 0.3) is 0 Å². The molecule has 2 aromatic carbocycles. The number of hydrogen-bond acceptors (Lipinski definition) is 4. The summed E-state index contributed by atoms with van der Waals surface area (Å²) in [7, 11) is 1.61. The van der Waals surface area contributed by atoms with Crippen molar-refractivity contribution in [2.45, 2.75) is 38.0 Å². The van der Waals surface area contributed by atoms with Gasteiger partial charge >= 0.3 is 0 Å². The number of amides is 2. The molecular weight excluding hydrogens is 372 g/mol. The van der Waals surface area contributed by atoms with Crippen molar-refractivity contribution in [3.8, 4) is 5.75 Å². The van der Waals surface area contributed by atoms with Crippen molar-refractivity contribution in [1.29, 1.82) is 0 Å². The number of nitrogens with zero attached hydrogens (tertiary/aromatic N) is 1. The third-order valence-corrected chi connectivity index (χ3v) is 5.87. The van der Waals surface area contributed by atoms with E-state index in [4.69, 9.17) is 4.74 Å². The molecular formula is C22H26N2O3S. The Hall–Kier alpha value is -2.47. The van der Waals surface area contributed by atoms with Crippen molar-refractivity contribution in [1.82, 2.24) is 0 Å². The largest absolute Gasteiger partial charge is 0.497 e. The molecule has 1 N–H and O–H groups in total. The Morgan fingerprint density at radius 1 is 1.21 bits per heavy atom. The minimum atomic E-state index is -0.128. The Morgan fingerprint density at radius 2 is 2.04 bits per heavy atom. The highest BCUT2D eigenvalue weighted by atomic mass is 32.2. The van der Waals surface area contributed by atoms with Gasteiger partial charge in [0.05, 0.1) is 12.9 Å². The molecule has 28 heavy (non-hydrogen) atoms. The van der Waals surface area contributed by atoms with Crippen molar-refractivity contribution in [3.05, 3.63) is 54.1 Å². The molecule has 0 bridgehead atoms. The number of anilines is 2. The van der Waals surface area contributed by atoms with Crippen molar-refractivity contribution in [2.75, 3.05) is 23.1 Å². The molecule has 3 rings (SSSR count). The van der Waals surface area contributed by atoms with Crippen LogP contribution in [0.5, 0.6) is 5.75 Å². The summed E-state index contributed by atoms with van der Waals surface area (Å²) in [5.41, 5.74) is 2.57. The number of hydrogen-bond donors (Lipinski definition) is 1. The molecule has 1 aliphatic heterocycles. The number of carbonyl (C=O) groups is 2. The lowest BCUT2D eigenvalue weighted by Gasteiger charge is -2.25. The van der Waals surface area contributed by atoms with E-state index in [0.717, 1.165) is 36.2 Å². The number of benzene rings is 2. The normalized spacial score (nSPS) is 16.3. The van der Waals surface area contributed by atoms with E-state index < -0.39 is 0 Å². The van der Waals surface area contributed by atoms with Crippen molar-refractivity contribution in [3.63, 3.8) is 0 Å². The Labute approximate surface area is 170 Å². The van der Waals surface area contributed by atoms with Gasteiger partial charge in [0.15, 0.2) is 0 Å². The third kappa shape index (κ3) is 4.87. The van der Waals surface area contributed by atoms with Gasteiger partial charge in [-0.2, -0.15) is 0 Å². The molecule has 1 saturated heterocycles. The summed E-state index contributed by atoms with van der Waals surface area (Å²) >= 11 is 1.59. The molecule has 148 valence electrons. The molecule has 0 spiro atoms. The maximum Gasteiger partial charge on any atom is 0.238 e. The quantitative estimate of drug-likeness (QED) is 0.636.